The molecule has 0 spiro atoms. The molecule has 166 valence electrons. The average molecular weight is 434 g/mol. The number of aromatic amines is 1. The third-order valence-corrected chi connectivity index (χ3v) is 4.93. The first-order valence-electron chi connectivity index (χ1n) is 10.6. The Balaban J connectivity index is 1.57. The third-order valence-electron chi connectivity index (χ3n) is 4.93. The zero-order valence-electron chi connectivity index (χ0n) is 18.4. The van der Waals surface area contributed by atoms with Gasteiger partial charge in [0, 0.05) is 11.1 Å². The second-order valence-corrected chi connectivity index (χ2v) is 7.11. The van der Waals surface area contributed by atoms with Crippen LogP contribution in [-0.4, -0.2) is 40.7 Å². The fourth-order valence-corrected chi connectivity index (χ4v) is 3.25. The van der Waals surface area contributed by atoms with Gasteiger partial charge in [0.1, 0.15) is 5.75 Å². The van der Waals surface area contributed by atoms with Crippen LogP contribution >= 0.6 is 0 Å². The summed E-state index contributed by atoms with van der Waals surface area (Å²) in [6.07, 6.45) is 3.81. The summed E-state index contributed by atoms with van der Waals surface area (Å²) < 4.78 is 22.3. The minimum absolute atomic E-state index is 0.375. The number of rotatable bonds is 10. The molecule has 0 aliphatic heterocycles. The van der Waals surface area contributed by atoms with Gasteiger partial charge in [-0.2, -0.15) is 10.1 Å². The van der Waals surface area contributed by atoms with E-state index < -0.39 is 0 Å². The lowest BCUT2D eigenvalue weighted by atomic mass is 10.1. The Bertz CT molecular complexity index is 1150. The molecule has 0 bridgehead atoms. The van der Waals surface area contributed by atoms with Gasteiger partial charge in [-0.1, -0.05) is 18.5 Å². The Morgan fingerprint density at radius 2 is 1.78 bits per heavy atom. The molecule has 32 heavy (non-hydrogen) atoms. The van der Waals surface area contributed by atoms with Crippen LogP contribution in [0.3, 0.4) is 0 Å². The first kappa shape index (κ1) is 21.4. The van der Waals surface area contributed by atoms with Crippen LogP contribution in [0.2, 0.25) is 0 Å². The summed E-state index contributed by atoms with van der Waals surface area (Å²) in [4.78, 5) is 4.57. The predicted octanol–water partition coefficient (Wildman–Crippen LogP) is 5.38. The number of hydrogen-bond donors (Lipinski definition) is 1. The van der Waals surface area contributed by atoms with Gasteiger partial charge in [-0.15, -0.1) is 0 Å². The predicted molar refractivity (Wildman–Crippen MR) is 121 cm³/mol. The molecule has 2 heterocycles. The Morgan fingerprint density at radius 1 is 0.969 bits per heavy atom. The van der Waals surface area contributed by atoms with Gasteiger partial charge in [0.15, 0.2) is 11.5 Å². The molecule has 8 nitrogen and oxygen atoms in total. The highest BCUT2D eigenvalue weighted by atomic mass is 16.5. The highest BCUT2D eigenvalue weighted by Gasteiger charge is 2.18. The number of H-pyrrole nitrogens is 1. The summed E-state index contributed by atoms with van der Waals surface area (Å²) in [7, 11) is 1.60. The second kappa shape index (κ2) is 10.00. The second-order valence-electron chi connectivity index (χ2n) is 7.11. The van der Waals surface area contributed by atoms with Gasteiger partial charge in [0.2, 0.25) is 5.82 Å². The summed E-state index contributed by atoms with van der Waals surface area (Å²) >= 11 is 0. The lowest BCUT2D eigenvalue weighted by Gasteiger charge is -2.09. The van der Waals surface area contributed by atoms with Crippen molar-refractivity contribution in [2.45, 2.75) is 26.7 Å². The molecule has 0 atom stereocenters. The van der Waals surface area contributed by atoms with Crippen molar-refractivity contribution in [2.24, 2.45) is 0 Å². The Labute approximate surface area is 186 Å². The van der Waals surface area contributed by atoms with Crippen LogP contribution < -0.4 is 14.2 Å². The summed E-state index contributed by atoms with van der Waals surface area (Å²) in [5, 5.41) is 11.3. The molecule has 2 aromatic carbocycles. The number of methoxy groups -OCH3 is 1. The number of nitrogens with one attached hydrogen (secondary N) is 1. The molecule has 0 fully saturated rings. The number of ether oxygens (including phenoxy) is 3. The summed E-state index contributed by atoms with van der Waals surface area (Å²) in [6.45, 7) is 5.33. The quantitative estimate of drug-likeness (QED) is 0.335. The maximum Gasteiger partial charge on any atom is 0.262 e. The lowest BCUT2D eigenvalue weighted by Crippen LogP contribution is -1.96. The SMILES string of the molecule is CCCCOc1ccc(-c2[nH]ncc2-c2nc(-c3ccc(OCC)c(OC)c3)no2)cc1. The van der Waals surface area contributed by atoms with Crippen LogP contribution in [0.5, 0.6) is 17.2 Å². The monoisotopic (exact) mass is 434 g/mol. The molecule has 0 amide bonds. The van der Waals surface area contributed by atoms with Gasteiger partial charge in [0.05, 0.1) is 37.8 Å². The van der Waals surface area contributed by atoms with Crippen molar-refractivity contribution >= 4 is 0 Å². The van der Waals surface area contributed by atoms with Crippen molar-refractivity contribution in [2.75, 3.05) is 20.3 Å². The van der Waals surface area contributed by atoms with E-state index in [4.69, 9.17) is 18.7 Å². The fourth-order valence-electron chi connectivity index (χ4n) is 3.25. The standard InChI is InChI=1S/C24H26N4O4/c1-4-6-13-31-18-10-7-16(8-11-18)22-19(15-25-27-22)24-26-23(28-32-24)17-9-12-20(30-5-2)21(14-17)29-3/h7-12,14-15H,4-6,13H2,1-3H3,(H,25,27). The van der Waals surface area contributed by atoms with E-state index in [0.717, 1.165) is 41.0 Å². The van der Waals surface area contributed by atoms with E-state index in [2.05, 4.69) is 27.3 Å². The van der Waals surface area contributed by atoms with Crippen LogP contribution in [0.4, 0.5) is 0 Å². The molecule has 2 aromatic heterocycles. The smallest absolute Gasteiger partial charge is 0.262 e. The Morgan fingerprint density at radius 3 is 2.53 bits per heavy atom. The van der Waals surface area contributed by atoms with Crippen LogP contribution in [0, 0.1) is 0 Å². The molecular formula is C24H26N4O4. The number of benzene rings is 2. The maximum atomic E-state index is 5.74. The average Bonchev–Trinajstić information content (AvgIpc) is 3.50. The number of nitrogens with zero attached hydrogens (tertiary/aromatic N) is 3. The molecule has 0 radical (unpaired) electrons. The molecule has 0 unspecified atom stereocenters. The van der Waals surface area contributed by atoms with E-state index in [-0.39, 0.29) is 0 Å². The van der Waals surface area contributed by atoms with Crippen LogP contribution in [-0.2, 0) is 0 Å². The largest absolute Gasteiger partial charge is 0.494 e. The number of unbranched alkanes of at least 4 members (excludes halogenated alkanes) is 1. The van der Waals surface area contributed by atoms with E-state index in [1.54, 1.807) is 13.3 Å². The zero-order valence-corrected chi connectivity index (χ0v) is 18.4. The summed E-state index contributed by atoms with van der Waals surface area (Å²) in [5.41, 5.74) is 3.23. The van der Waals surface area contributed by atoms with E-state index in [0.29, 0.717) is 36.4 Å². The van der Waals surface area contributed by atoms with E-state index in [9.17, 15) is 0 Å². The third kappa shape index (κ3) is 4.59. The highest BCUT2D eigenvalue weighted by Crippen LogP contribution is 2.34. The molecule has 0 aliphatic rings. The van der Waals surface area contributed by atoms with Gasteiger partial charge >= 0.3 is 0 Å². The highest BCUT2D eigenvalue weighted by molar-refractivity contribution is 5.77. The molecule has 1 N–H and O–H groups in total. The van der Waals surface area contributed by atoms with E-state index in [1.165, 1.54) is 0 Å². The normalized spacial score (nSPS) is 10.8. The molecule has 0 aliphatic carbocycles. The molecule has 4 rings (SSSR count). The van der Waals surface area contributed by atoms with E-state index in [1.807, 2.05) is 49.4 Å². The fraction of sp³-hybridized carbons (Fsp3) is 0.292. The summed E-state index contributed by atoms with van der Waals surface area (Å²) in [5.74, 6) is 2.95. The van der Waals surface area contributed by atoms with Crippen molar-refractivity contribution in [3.63, 3.8) is 0 Å². The molecular weight excluding hydrogens is 408 g/mol. The van der Waals surface area contributed by atoms with Crippen LogP contribution in [0.25, 0.3) is 34.1 Å². The first-order valence-corrected chi connectivity index (χ1v) is 10.6. The molecule has 4 aromatic rings. The number of aromatic nitrogens is 4. The molecule has 8 heteroatoms. The van der Waals surface area contributed by atoms with Crippen molar-refractivity contribution in [3.8, 4) is 51.3 Å². The van der Waals surface area contributed by atoms with Crippen molar-refractivity contribution in [3.05, 3.63) is 48.7 Å². The number of hydrogen-bond acceptors (Lipinski definition) is 7. The van der Waals surface area contributed by atoms with E-state index >= 15 is 0 Å². The minimum atomic E-state index is 0.375. The first-order chi connectivity index (χ1) is 15.7. The molecule has 0 saturated carbocycles. The van der Waals surface area contributed by atoms with Gasteiger partial charge in [-0.3, -0.25) is 5.10 Å². The van der Waals surface area contributed by atoms with Crippen LogP contribution in [0.1, 0.15) is 26.7 Å². The van der Waals surface area contributed by atoms with Gasteiger partial charge < -0.3 is 18.7 Å². The van der Waals surface area contributed by atoms with Gasteiger partial charge in [-0.25, -0.2) is 0 Å². The van der Waals surface area contributed by atoms with Crippen molar-refractivity contribution in [1.82, 2.24) is 20.3 Å². The lowest BCUT2D eigenvalue weighted by molar-refractivity contribution is 0.309. The maximum absolute atomic E-state index is 5.74. The Kier molecular flexibility index (Phi) is 6.69. The summed E-state index contributed by atoms with van der Waals surface area (Å²) in [6, 6.07) is 13.4. The molecule has 0 saturated heterocycles. The van der Waals surface area contributed by atoms with Crippen LogP contribution in [0.15, 0.2) is 53.2 Å². The Hall–Kier alpha value is -3.81. The zero-order chi connectivity index (χ0) is 22.3. The van der Waals surface area contributed by atoms with Gasteiger partial charge in [0.25, 0.3) is 5.89 Å². The van der Waals surface area contributed by atoms with Crippen molar-refractivity contribution < 1.29 is 18.7 Å². The van der Waals surface area contributed by atoms with Crippen molar-refractivity contribution in [1.29, 1.82) is 0 Å². The topological polar surface area (TPSA) is 95.3 Å². The minimum Gasteiger partial charge on any atom is -0.494 e. The van der Waals surface area contributed by atoms with Gasteiger partial charge in [-0.05, 0) is 55.8 Å².